The number of alkyl carbamates (subject to hydrolysis) is 1. The van der Waals surface area contributed by atoms with Crippen molar-refractivity contribution in [3.63, 3.8) is 0 Å². The van der Waals surface area contributed by atoms with Crippen LogP contribution >= 0.6 is 0 Å². The molecule has 1 amide bonds. The summed E-state index contributed by atoms with van der Waals surface area (Å²) in [5.74, 6) is -0.824. The third-order valence-electron chi connectivity index (χ3n) is 2.23. The van der Waals surface area contributed by atoms with E-state index in [-0.39, 0.29) is 0 Å². The first-order chi connectivity index (χ1) is 7.54. The molecule has 0 aromatic carbocycles. The molecule has 0 fully saturated rings. The lowest BCUT2D eigenvalue weighted by Crippen LogP contribution is -2.33. The van der Waals surface area contributed by atoms with Crippen molar-refractivity contribution < 1.29 is 19.4 Å². The summed E-state index contributed by atoms with van der Waals surface area (Å²) >= 11 is 0. The summed E-state index contributed by atoms with van der Waals surface area (Å²) in [6.45, 7) is 9.14. The fourth-order valence-corrected chi connectivity index (χ4v) is 1.14. The molecule has 0 rings (SSSR count). The highest BCUT2D eigenvalue weighted by atomic mass is 16.6. The van der Waals surface area contributed by atoms with Crippen LogP contribution in [0, 0.1) is 5.41 Å². The van der Waals surface area contributed by atoms with Gasteiger partial charge in [-0.2, -0.15) is 0 Å². The van der Waals surface area contributed by atoms with Crippen LogP contribution in [0.1, 0.15) is 47.5 Å². The van der Waals surface area contributed by atoms with Gasteiger partial charge in [0.15, 0.2) is 0 Å². The average molecular weight is 245 g/mol. The summed E-state index contributed by atoms with van der Waals surface area (Å²) < 4.78 is 5.05. The molecule has 0 aliphatic heterocycles. The minimum atomic E-state index is -0.824. The number of hydrogen-bond acceptors (Lipinski definition) is 3. The van der Waals surface area contributed by atoms with Crippen LogP contribution in [0.5, 0.6) is 0 Å². The zero-order valence-corrected chi connectivity index (χ0v) is 11.3. The molecule has 2 N–H and O–H groups in total. The molecule has 5 heteroatoms. The van der Waals surface area contributed by atoms with Gasteiger partial charge in [0.1, 0.15) is 5.60 Å². The van der Waals surface area contributed by atoms with E-state index in [2.05, 4.69) is 5.32 Å². The molecule has 0 unspecified atom stereocenters. The van der Waals surface area contributed by atoms with Crippen LogP contribution in [0.15, 0.2) is 0 Å². The van der Waals surface area contributed by atoms with Crippen molar-refractivity contribution in [2.75, 3.05) is 6.54 Å². The Labute approximate surface area is 103 Å². The van der Waals surface area contributed by atoms with E-state index in [0.717, 1.165) is 0 Å². The lowest BCUT2D eigenvalue weighted by atomic mass is 9.88. The van der Waals surface area contributed by atoms with Crippen LogP contribution in [0.25, 0.3) is 0 Å². The van der Waals surface area contributed by atoms with E-state index in [1.54, 1.807) is 34.6 Å². The normalized spacial score (nSPS) is 12.1. The standard InChI is InChI=1S/C12H23NO4/c1-11(2,3)17-10(16)13-8-6-7-12(4,5)9(14)15/h6-8H2,1-5H3,(H,13,16)(H,14,15). The van der Waals surface area contributed by atoms with Gasteiger partial charge in [0, 0.05) is 6.54 Å². The molecule has 0 aliphatic carbocycles. The molecule has 0 aromatic rings. The van der Waals surface area contributed by atoms with Crippen LogP contribution in [0.4, 0.5) is 4.79 Å². The summed E-state index contributed by atoms with van der Waals surface area (Å²) in [7, 11) is 0. The van der Waals surface area contributed by atoms with Gasteiger partial charge >= 0.3 is 12.1 Å². The topological polar surface area (TPSA) is 75.6 Å². The van der Waals surface area contributed by atoms with E-state index < -0.39 is 23.1 Å². The molecule has 5 nitrogen and oxygen atoms in total. The molecule has 0 aliphatic rings. The Bertz CT molecular complexity index is 279. The molecule has 0 bridgehead atoms. The molecular formula is C12H23NO4. The van der Waals surface area contributed by atoms with Gasteiger partial charge in [-0.05, 0) is 47.5 Å². The second kappa shape index (κ2) is 5.89. The highest BCUT2D eigenvalue weighted by Crippen LogP contribution is 2.21. The number of rotatable bonds is 5. The first kappa shape index (κ1) is 15.7. The van der Waals surface area contributed by atoms with E-state index in [1.165, 1.54) is 0 Å². The molecule has 0 saturated carbocycles. The summed E-state index contributed by atoms with van der Waals surface area (Å²) in [6, 6.07) is 0. The van der Waals surface area contributed by atoms with Crippen molar-refractivity contribution in [3.05, 3.63) is 0 Å². The maximum absolute atomic E-state index is 11.3. The van der Waals surface area contributed by atoms with Gasteiger partial charge in [0.2, 0.25) is 0 Å². The van der Waals surface area contributed by atoms with Gasteiger partial charge in [-0.25, -0.2) is 4.79 Å². The second-order valence-corrected chi connectivity index (χ2v) is 5.72. The summed E-state index contributed by atoms with van der Waals surface area (Å²) in [6.07, 6.45) is 0.655. The SMILES string of the molecule is CC(C)(C)OC(=O)NCCCC(C)(C)C(=O)O. The molecule has 0 atom stereocenters. The molecule has 100 valence electrons. The molecule has 0 radical (unpaired) electrons. The molecule has 17 heavy (non-hydrogen) atoms. The average Bonchev–Trinajstić information content (AvgIpc) is 2.09. The number of aliphatic carboxylic acids is 1. The minimum Gasteiger partial charge on any atom is -0.481 e. The zero-order valence-electron chi connectivity index (χ0n) is 11.3. The lowest BCUT2D eigenvalue weighted by molar-refractivity contribution is -0.147. The van der Waals surface area contributed by atoms with Crippen molar-refractivity contribution in [1.82, 2.24) is 5.32 Å². The Morgan fingerprint density at radius 1 is 1.18 bits per heavy atom. The van der Waals surface area contributed by atoms with Crippen LogP contribution in [0.3, 0.4) is 0 Å². The fourth-order valence-electron chi connectivity index (χ4n) is 1.14. The number of ether oxygens (including phenoxy) is 1. The number of carboxylic acids is 1. The summed E-state index contributed by atoms with van der Waals surface area (Å²) in [5.41, 5.74) is -1.26. The third-order valence-corrected chi connectivity index (χ3v) is 2.23. The number of carboxylic acid groups (broad SMARTS) is 1. The van der Waals surface area contributed by atoms with Crippen molar-refractivity contribution >= 4 is 12.1 Å². The third kappa shape index (κ3) is 7.60. The number of carbonyl (C=O) groups is 2. The van der Waals surface area contributed by atoms with Crippen LogP contribution in [-0.4, -0.2) is 29.3 Å². The first-order valence-electron chi connectivity index (χ1n) is 5.75. The van der Waals surface area contributed by atoms with Crippen molar-refractivity contribution in [1.29, 1.82) is 0 Å². The predicted octanol–water partition coefficient (Wildman–Crippen LogP) is 2.40. The molecule has 0 heterocycles. The van der Waals surface area contributed by atoms with E-state index in [1.807, 2.05) is 0 Å². The van der Waals surface area contributed by atoms with E-state index in [0.29, 0.717) is 19.4 Å². The van der Waals surface area contributed by atoms with Crippen LogP contribution < -0.4 is 5.32 Å². The van der Waals surface area contributed by atoms with E-state index in [9.17, 15) is 9.59 Å². The maximum atomic E-state index is 11.3. The quantitative estimate of drug-likeness (QED) is 0.729. The molecule has 0 spiro atoms. The smallest absolute Gasteiger partial charge is 0.407 e. The Balaban J connectivity index is 3.80. The monoisotopic (exact) mass is 245 g/mol. The summed E-state index contributed by atoms with van der Waals surface area (Å²) in [4.78, 5) is 22.1. The van der Waals surface area contributed by atoms with Gasteiger partial charge in [-0.3, -0.25) is 4.79 Å². The van der Waals surface area contributed by atoms with Gasteiger partial charge in [-0.1, -0.05) is 0 Å². The van der Waals surface area contributed by atoms with Crippen molar-refractivity contribution in [2.24, 2.45) is 5.41 Å². The molecule has 0 aromatic heterocycles. The van der Waals surface area contributed by atoms with Crippen LogP contribution in [0.2, 0.25) is 0 Å². The number of amides is 1. The van der Waals surface area contributed by atoms with Gasteiger partial charge < -0.3 is 15.2 Å². The largest absolute Gasteiger partial charge is 0.481 e. The number of hydrogen-bond donors (Lipinski definition) is 2. The maximum Gasteiger partial charge on any atom is 0.407 e. The molecule has 0 saturated heterocycles. The van der Waals surface area contributed by atoms with Gasteiger partial charge in [-0.15, -0.1) is 0 Å². The number of carbonyl (C=O) groups excluding carboxylic acids is 1. The van der Waals surface area contributed by atoms with Gasteiger partial charge in [0.25, 0.3) is 0 Å². The van der Waals surface area contributed by atoms with E-state index >= 15 is 0 Å². The Hall–Kier alpha value is -1.26. The summed E-state index contributed by atoms with van der Waals surface area (Å²) in [5, 5.41) is 11.5. The Kier molecular flexibility index (Phi) is 5.45. The fraction of sp³-hybridized carbons (Fsp3) is 0.833. The zero-order chi connectivity index (χ0) is 13.7. The minimum absolute atomic E-state index is 0.422. The van der Waals surface area contributed by atoms with Crippen LogP contribution in [-0.2, 0) is 9.53 Å². The highest BCUT2D eigenvalue weighted by molar-refractivity contribution is 5.73. The molecular weight excluding hydrogens is 222 g/mol. The predicted molar refractivity (Wildman–Crippen MR) is 64.9 cm³/mol. The van der Waals surface area contributed by atoms with Gasteiger partial charge in [0.05, 0.1) is 5.41 Å². The first-order valence-corrected chi connectivity index (χ1v) is 5.75. The van der Waals surface area contributed by atoms with Crippen molar-refractivity contribution in [2.45, 2.75) is 53.1 Å². The number of nitrogens with one attached hydrogen (secondary N) is 1. The Morgan fingerprint density at radius 2 is 1.71 bits per heavy atom. The lowest BCUT2D eigenvalue weighted by Gasteiger charge is -2.21. The highest BCUT2D eigenvalue weighted by Gasteiger charge is 2.26. The van der Waals surface area contributed by atoms with Crippen molar-refractivity contribution in [3.8, 4) is 0 Å². The van der Waals surface area contributed by atoms with E-state index in [4.69, 9.17) is 9.84 Å². The second-order valence-electron chi connectivity index (χ2n) is 5.72. The Morgan fingerprint density at radius 3 is 2.12 bits per heavy atom.